The molecule has 0 atom stereocenters. The van der Waals surface area contributed by atoms with Crippen molar-refractivity contribution in [3.8, 4) is 0 Å². The molecule has 2 rings (SSSR count). The molecule has 1 amide bonds. The number of benzene rings is 1. The zero-order chi connectivity index (χ0) is 20.4. The van der Waals surface area contributed by atoms with Gasteiger partial charge in [0.15, 0.2) is 0 Å². The number of amides is 1. The van der Waals surface area contributed by atoms with Crippen LogP contribution in [0.1, 0.15) is 12.0 Å². The average molecular weight is 393 g/mol. The van der Waals surface area contributed by atoms with Gasteiger partial charge in [0, 0.05) is 31.8 Å². The van der Waals surface area contributed by atoms with Crippen LogP contribution < -0.4 is 5.32 Å². The minimum absolute atomic E-state index is 0.0265. The van der Waals surface area contributed by atoms with Gasteiger partial charge in [-0.05, 0) is 30.7 Å². The van der Waals surface area contributed by atoms with E-state index in [1.54, 1.807) is 17.0 Å². The summed E-state index contributed by atoms with van der Waals surface area (Å²) in [6.45, 7) is 3.13. The van der Waals surface area contributed by atoms with Crippen LogP contribution in [-0.4, -0.2) is 59.3 Å². The standard InChI is InChI=1S/C13H17N3O4.C2HF3O2/c17-13(15-8-1-6-14-7-9-15)20-10-11-2-4-12(5-3-11)16(18)19;3-2(4,5)1(6)7/h2-5,14H,1,6-10H2;(H,6,7). The molecule has 1 aliphatic rings. The van der Waals surface area contributed by atoms with Crippen molar-refractivity contribution in [1.82, 2.24) is 10.2 Å². The molecule has 0 spiro atoms. The monoisotopic (exact) mass is 393 g/mol. The molecular formula is C15H18F3N3O6. The molecule has 0 aliphatic carbocycles. The molecular weight excluding hydrogens is 375 g/mol. The largest absolute Gasteiger partial charge is 0.490 e. The molecule has 1 heterocycles. The lowest BCUT2D eigenvalue weighted by atomic mass is 10.2. The Kier molecular flexibility index (Phi) is 8.45. The number of carboxylic acids is 1. The molecule has 0 unspecified atom stereocenters. The smallest absolute Gasteiger partial charge is 0.475 e. The maximum Gasteiger partial charge on any atom is 0.490 e. The minimum atomic E-state index is -5.08. The Morgan fingerprint density at radius 2 is 1.81 bits per heavy atom. The number of alkyl halides is 3. The summed E-state index contributed by atoms with van der Waals surface area (Å²) in [5.74, 6) is -2.76. The zero-order valence-corrected chi connectivity index (χ0v) is 14.1. The van der Waals surface area contributed by atoms with Gasteiger partial charge in [0.25, 0.3) is 5.69 Å². The van der Waals surface area contributed by atoms with E-state index in [0.29, 0.717) is 13.1 Å². The number of carboxylic acid groups (broad SMARTS) is 1. The van der Waals surface area contributed by atoms with Gasteiger partial charge in [0.05, 0.1) is 4.92 Å². The Balaban J connectivity index is 0.000000445. The third kappa shape index (κ3) is 8.35. The second kappa shape index (κ2) is 10.3. The van der Waals surface area contributed by atoms with Crippen molar-refractivity contribution < 1.29 is 37.5 Å². The van der Waals surface area contributed by atoms with Crippen LogP contribution in [-0.2, 0) is 16.1 Å². The third-order valence-electron chi connectivity index (χ3n) is 3.35. The Morgan fingerprint density at radius 1 is 1.22 bits per heavy atom. The van der Waals surface area contributed by atoms with E-state index in [4.69, 9.17) is 14.6 Å². The molecule has 0 aromatic heterocycles. The molecule has 0 bridgehead atoms. The number of ether oxygens (including phenoxy) is 1. The number of rotatable bonds is 3. The molecule has 27 heavy (non-hydrogen) atoms. The molecule has 0 saturated carbocycles. The lowest BCUT2D eigenvalue weighted by molar-refractivity contribution is -0.384. The summed E-state index contributed by atoms with van der Waals surface area (Å²) in [4.78, 5) is 32.5. The average Bonchev–Trinajstić information content (AvgIpc) is 2.89. The first-order chi connectivity index (χ1) is 12.6. The normalized spacial score (nSPS) is 14.4. The first-order valence-corrected chi connectivity index (χ1v) is 7.77. The maximum absolute atomic E-state index is 11.9. The van der Waals surface area contributed by atoms with E-state index in [2.05, 4.69) is 5.32 Å². The molecule has 150 valence electrons. The van der Waals surface area contributed by atoms with Crippen LogP contribution in [0.2, 0.25) is 0 Å². The van der Waals surface area contributed by atoms with Gasteiger partial charge in [-0.1, -0.05) is 0 Å². The summed E-state index contributed by atoms with van der Waals surface area (Å²) in [6, 6.07) is 5.99. The maximum atomic E-state index is 11.9. The van der Waals surface area contributed by atoms with Crippen LogP contribution in [0, 0.1) is 10.1 Å². The van der Waals surface area contributed by atoms with Crippen molar-refractivity contribution in [3.63, 3.8) is 0 Å². The van der Waals surface area contributed by atoms with E-state index >= 15 is 0 Å². The fourth-order valence-electron chi connectivity index (χ4n) is 1.98. The summed E-state index contributed by atoms with van der Waals surface area (Å²) < 4.78 is 36.9. The van der Waals surface area contributed by atoms with E-state index in [9.17, 15) is 28.1 Å². The van der Waals surface area contributed by atoms with Crippen LogP contribution in [0.25, 0.3) is 0 Å². The number of hydrogen-bond donors (Lipinski definition) is 2. The van der Waals surface area contributed by atoms with Crippen molar-refractivity contribution in [3.05, 3.63) is 39.9 Å². The molecule has 0 radical (unpaired) electrons. The highest BCUT2D eigenvalue weighted by molar-refractivity contribution is 5.73. The van der Waals surface area contributed by atoms with Crippen LogP contribution >= 0.6 is 0 Å². The van der Waals surface area contributed by atoms with Gasteiger partial charge in [-0.3, -0.25) is 10.1 Å². The number of aliphatic carboxylic acids is 1. The molecule has 1 saturated heterocycles. The lowest BCUT2D eigenvalue weighted by Gasteiger charge is -2.19. The minimum Gasteiger partial charge on any atom is -0.475 e. The second-order valence-electron chi connectivity index (χ2n) is 5.37. The number of nitrogens with one attached hydrogen (secondary N) is 1. The highest BCUT2D eigenvalue weighted by Gasteiger charge is 2.38. The van der Waals surface area contributed by atoms with E-state index < -0.39 is 17.1 Å². The van der Waals surface area contributed by atoms with Gasteiger partial charge >= 0.3 is 18.2 Å². The van der Waals surface area contributed by atoms with Crippen molar-refractivity contribution in [2.24, 2.45) is 0 Å². The number of carbonyl (C=O) groups excluding carboxylic acids is 1. The topological polar surface area (TPSA) is 122 Å². The molecule has 1 aromatic carbocycles. The molecule has 12 heteroatoms. The van der Waals surface area contributed by atoms with E-state index in [-0.39, 0.29) is 18.4 Å². The summed E-state index contributed by atoms with van der Waals surface area (Å²) in [6.07, 6.45) is -4.51. The van der Waals surface area contributed by atoms with Crippen molar-refractivity contribution >= 4 is 17.7 Å². The molecule has 1 fully saturated rings. The second-order valence-corrected chi connectivity index (χ2v) is 5.37. The predicted octanol–water partition coefficient (Wildman–Crippen LogP) is 2.16. The summed E-state index contributed by atoms with van der Waals surface area (Å²) in [7, 11) is 0. The van der Waals surface area contributed by atoms with Gasteiger partial charge < -0.3 is 20.1 Å². The fraction of sp³-hybridized carbons (Fsp3) is 0.467. The number of halogens is 3. The summed E-state index contributed by atoms with van der Waals surface area (Å²) >= 11 is 0. The van der Waals surface area contributed by atoms with Gasteiger partial charge in [0.2, 0.25) is 0 Å². The van der Waals surface area contributed by atoms with Crippen LogP contribution in [0.15, 0.2) is 24.3 Å². The van der Waals surface area contributed by atoms with Crippen molar-refractivity contribution in [2.45, 2.75) is 19.2 Å². The number of non-ortho nitro benzene ring substituents is 1. The van der Waals surface area contributed by atoms with Gasteiger partial charge in [0.1, 0.15) is 6.61 Å². The van der Waals surface area contributed by atoms with Crippen LogP contribution in [0.3, 0.4) is 0 Å². The highest BCUT2D eigenvalue weighted by atomic mass is 19.4. The van der Waals surface area contributed by atoms with Crippen molar-refractivity contribution in [1.29, 1.82) is 0 Å². The van der Waals surface area contributed by atoms with Crippen molar-refractivity contribution in [2.75, 3.05) is 26.2 Å². The SMILES string of the molecule is O=C(O)C(F)(F)F.O=C(OCc1ccc([N+](=O)[O-])cc1)N1CCCNCC1. The Bertz CT molecular complexity index is 643. The number of nitrogens with zero attached hydrogens (tertiary/aromatic N) is 2. The van der Waals surface area contributed by atoms with Crippen LogP contribution in [0.5, 0.6) is 0 Å². The lowest BCUT2D eigenvalue weighted by Crippen LogP contribution is -2.34. The molecule has 1 aliphatic heterocycles. The number of carbonyl (C=O) groups is 2. The van der Waals surface area contributed by atoms with Crippen LogP contribution in [0.4, 0.5) is 23.7 Å². The van der Waals surface area contributed by atoms with Gasteiger partial charge in [-0.2, -0.15) is 13.2 Å². The quantitative estimate of drug-likeness (QED) is 0.596. The number of nitro groups is 1. The molecule has 2 N–H and O–H groups in total. The van der Waals surface area contributed by atoms with Gasteiger partial charge in [-0.15, -0.1) is 0 Å². The van der Waals surface area contributed by atoms with E-state index in [0.717, 1.165) is 25.1 Å². The number of nitro benzene ring substituents is 1. The summed E-state index contributed by atoms with van der Waals surface area (Å²) in [5, 5.41) is 20.9. The highest BCUT2D eigenvalue weighted by Crippen LogP contribution is 2.13. The first-order valence-electron chi connectivity index (χ1n) is 7.77. The summed E-state index contributed by atoms with van der Waals surface area (Å²) in [5.41, 5.74) is 0.760. The Hall–Kier alpha value is -2.89. The Morgan fingerprint density at radius 3 is 2.33 bits per heavy atom. The first kappa shape index (κ1) is 22.2. The van der Waals surface area contributed by atoms with E-state index in [1.807, 2.05) is 0 Å². The number of hydrogen-bond acceptors (Lipinski definition) is 6. The fourth-order valence-corrected chi connectivity index (χ4v) is 1.98. The molecule has 1 aromatic rings. The van der Waals surface area contributed by atoms with E-state index in [1.165, 1.54) is 12.1 Å². The van der Waals surface area contributed by atoms with Gasteiger partial charge in [-0.25, -0.2) is 9.59 Å². The zero-order valence-electron chi connectivity index (χ0n) is 14.1. The Labute approximate surface area is 151 Å². The predicted molar refractivity (Wildman–Crippen MR) is 86.0 cm³/mol. The molecule has 9 nitrogen and oxygen atoms in total. The third-order valence-corrected chi connectivity index (χ3v) is 3.35.